The summed E-state index contributed by atoms with van der Waals surface area (Å²) in [4.78, 5) is -0.148. The Bertz CT molecular complexity index is 671. The second kappa shape index (κ2) is 9.31. The van der Waals surface area contributed by atoms with Gasteiger partial charge in [0.15, 0.2) is 0 Å². The standard InChI is InChI=1S/2C6H6O3S.C2H6/c2*7-10(8,9)6-4-2-1-3-5-6;1-2/h2*1-5H,(H,7,8,9);1-2H3. The van der Waals surface area contributed by atoms with E-state index in [4.69, 9.17) is 9.11 Å². The van der Waals surface area contributed by atoms with Crippen LogP contribution in [0.1, 0.15) is 13.8 Å². The quantitative estimate of drug-likeness (QED) is 0.809. The fourth-order valence-corrected chi connectivity index (χ4v) is 2.19. The van der Waals surface area contributed by atoms with Crippen molar-refractivity contribution < 1.29 is 25.9 Å². The monoisotopic (exact) mass is 346 g/mol. The molecule has 0 spiro atoms. The topological polar surface area (TPSA) is 109 Å². The summed E-state index contributed by atoms with van der Waals surface area (Å²) in [5.41, 5.74) is 0. The first-order valence-corrected chi connectivity index (χ1v) is 9.14. The summed E-state index contributed by atoms with van der Waals surface area (Å²) in [6.07, 6.45) is 0. The van der Waals surface area contributed by atoms with E-state index in [2.05, 4.69) is 0 Å². The highest BCUT2D eigenvalue weighted by Crippen LogP contribution is 2.05. The van der Waals surface area contributed by atoms with E-state index in [0.717, 1.165) is 0 Å². The van der Waals surface area contributed by atoms with Crippen LogP contribution < -0.4 is 0 Å². The molecule has 0 fully saturated rings. The molecule has 0 saturated carbocycles. The Kier molecular flexibility index (Phi) is 8.58. The minimum atomic E-state index is -4.00. The van der Waals surface area contributed by atoms with Gasteiger partial charge in [-0.1, -0.05) is 50.2 Å². The molecule has 0 aromatic heterocycles. The van der Waals surface area contributed by atoms with Crippen LogP contribution in [0.4, 0.5) is 0 Å². The molecule has 22 heavy (non-hydrogen) atoms. The average Bonchev–Trinajstić information content (AvgIpc) is 2.50. The van der Waals surface area contributed by atoms with Gasteiger partial charge >= 0.3 is 0 Å². The van der Waals surface area contributed by atoms with Crippen molar-refractivity contribution in [3.8, 4) is 0 Å². The van der Waals surface area contributed by atoms with E-state index in [1.165, 1.54) is 24.3 Å². The van der Waals surface area contributed by atoms with Gasteiger partial charge in [-0.2, -0.15) is 16.8 Å². The lowest BCUT2D eigenvalue weighted by molar-refractivity contribution is 0.481. The van der Waals surface area contributed by atoms with Gasteiger partial charge in [-0.25, -0.2) is 0 Å². The summed E-state index contributed by atoms with van der Waals surface area (Å²) in [6.45, 7) is 4.00. The van der Waals surface area contributed by atoms with E-state index in [0.29, 0.717) is 0 Å². The Labute approximate surface area is 130 Å². The molecule has 122 valence electrons. The zero-order valence-corrected chi connectivity index (χ0v) is 13.8. The van der Waals surface area contributed by atoms with E-state index < -0.39 is 20.2 Å². The van der Waals surface area contributed by atoms with Gasteiger partial charge in [-0.05, 0) is 24.3 Å². The van der Waals surface area contributed by atoms with Gasteiger partial charge in [-0.3, -0.25) is 9.11 Å². The maximum absolute atomic E-state index is 10.4. The van der Waals surface area contributed by atoms with Crippen molar-refractivity contribution in [1.29, 1.82) is 0 Å². The van der Waals surface area contributed by atoms with Crippen molar-refractivity contribution >= 4 is 20.2 Å². The lowest BCUT2D eigenvalue weighted by Gasteiger charge is -1.92. The lowest BCUT2D eigenvalue weighted by Crippen LogP contribution is -1.96. The van der Waals surface area contributed by atoms with Crippen LogP contribution in [0, 0.1) is 0 Å². The Balaban J connectivity index is 0.000000360. The van der Waals surface area contributed by atoms with Crippen LogP contribution in [0.3, 0.4) is 0 Å². The van der Waals surface area contributed by atoms with Crippen molar-refractivity contribution in [3.05, 3.63) is 60.7 Å². The minimum Gasteiger partial charge on any atom is -0.282 e. The number of hydrogen-bond donors (Lipinski definition) is 2. The van der Waals surface area contributed by atoms with Gasteiger partial charge in [0.1, 0.15) is 0 Å². The summed E-state index contributed by atoms with van der Waals surface area (Å²) >= 11 is 0. The molecule has 0 aliphatic carbocycles. The smallest absolute Gasteiger partial charge is 0.282 e. The molecule has 0 saturated heterocycles. The van der Waals surface area contributed by atoms with Gasteiger partial charge in [0, 0.05) is 0 Å². The van der Waals surface area contributed by atoms with Crippen LogP contribution in [0.2, 0.25) is 0 Å². The molecule has 2 aromatic rings. The largest absolute Gasteiger partial charge is 0.294 e. The van der Waals surface area contributed by atoms with Gasteiger partial charge in [0.25, 0.3) is 20.2 Å². The molecule has 0 aliphatic rings. The zero-order valence-electron chi connectivity index (χ0n) is 12.1. The molecule has 2 N–H and O–H groups in total. The molecule has 0 unspecified atom stereocenters. The highest BCUT2D eigenvalue weighted by atomic mass is 32.2. The zero-order chi connectivity index (χ0) is 17.2. The first kappa shape index (κ1) is 20.3. The normalized spacial score (nSPS) is 10.5. The first-order valence-electron chi connectivity index (χ1n) is 6.26. The molecule has 0 aliphatic heterocycles. The second-order valence-electron chi connectivity index (χ2n) is 3.58. The molecule has 6 nitrogen and oxygen atoms in total. The summed E-state index contributed by atoms with van der Waals surface area (Å²) in [6, 6.07) is 14.8. The molecular formula is C14H18O6S2. The third-order valence-corrected chi connectivity index (χ3v) is 3.82. The van der Waals surface area contributed by atoms with Crippen LogP contribution in [-0.2, 0) is 20.2 Å². The summed E-state index contributed by atoms with van der Waals surface area (Å²) in [5, 5.41) is 0. The number of hydrogen-bond acceptors (Lipinski definition) is 4. The van der Waals surface area contributed by atoms with Crippen molar-refractivity contribution in [1.82, 2.24) is 0 Å². The lowest BCUT2D eigenvalue weighted by atomic mass is 10.4. The van der Waals surface area contributed by atoms with Crippen molar-refractivity contribution in [2.75, 3.05) is 0 Å². The molecule has 0 radical (unpaired) electrons. The highest BCUT2D eigenvalue weighted by molar-refractivity contribution is 7.86. The Morgan fingerprint density at radius 1 is 0.591 bits per heavy atom. The molecule has 2 aromatic carbocycles. The molecule has 0 heterocycles. The van der Waals surface area contributed by atoms with Crippen LogP contribution in [0.5, 0.6) is 0 Å². The predicted octanol–water partition coefficient (Wildman–Crippen LogP) is 2.89. The maximum Gasteiger partial charge on any atom is 0.294 e. The van der Waals surface area contributed by atoms with Crippen LogP contribution in [0.25, 0.3) is 0 Å². The molecule has 2 rings (SSSR count). The Morgan fingerprint density at radius 3 is 0.955 bits per heavy atom. The SMILES string of the molecule is CC.O=S(=O)(O)c1ccccc1.O=S(=O)(O)c1ccccc1. The van der Waals surface area contributed by atoms with Crippen molar-refractivity contribution in [2.24, 2.45) is 0 Å². The fraction of sp³-hybridized carbons (Fsp3) is 0.143. The van der Waals surface area contributed by atoms with Crippen molar-refractivity contribution in [2.45, 2.75) is 23.6 Å². The second-order valence-corrected chi connectivity index (χ2v) is 6.42. The summed E-state index contributed by atoms with van der Waals surface area (Å²) in [5.74, 6) is 0. The maximum atomic E-state index is 10.4. The number of rotatable bonds is 2. The van der Waals surface area contributed by atoms with Gasteiger partial charge in [-0.15, -0.1) is 0 Å². The van der Waals surface area contributed by atoms with Crippen LogP contribution >= 0.6 is 0 Å². The highest BCUT2D eigenvalue weighted by Gasteiger charge is 2.06. The van der Waals surface area contributed by atoms with Gasteiger partial charge in [0.05, 0.1) is 9.79 Å². The molecule has 0 amide bonds. The summed E-state index contributed by atoms with van der Waals surface area (Å²) in [7, 11) is -8.01. The van der Waals surface area contributed by atoms with E-state index in [1.807, 2.05) is 13.8 Å². The Hall–Kier alpha value is -1.74. The van der Waals surface area contributed by atoms with Crippen LogP contribution in [-0.4, -0.2) is 25.9 Å². The molecule has 0 bridgehead atoms. The first-order chi connectivity index (χ1) is 10.2. The van der Waals surface area contributed by atoms with Crippen LogP contribution in [0.15, 0.2) is 70.5 Å². The molecule has 8 heteroatoms. The van der Waals surface area contributed by atoms with E-state index in [-0.39, 0.29) is 9.79 Å². The van der Waals surface area contributed by atoms with E-state index in [1.54, 1.807) is 36.4 Å². The average molecular weight is 346 g/mol. The van der Waals surface area contributed by atoms with Gasteiger partial charge in [0.2, 0.25) is 0 Å². The van der Waals surface area contributed by atoms with E-state index in [9.17, 15) is 16.8 Å². The molecular weight excluding hydrogens is 328 g/mol. The third kappa shape index (κ3) is 7.89. The minimum absolute atomic E-state index is 0.0741. The Morgan fingerprint density at radius 2 is 0.818 bits per heavy atom. The van der Waals surface area contributed by atoms with Crippen molar-refractivity contribution in [3.63, 3.8) is 0 Å². The van der Waals surface area contributed by atoms with E-state index >= 15 is 0 Å². The summed E-state index contributed by atoms with van der Waals surface area (Å²) < 4.78 is 58.5. The predicted molar refractivity (Wildman–Crippen MR) is 83.9 cm³/mol. The van der Waals surface area contributed by atoms with Gasteiger partial charge < -0.3 is 0 Å². The molecule has 0 atom stereocenters. The number of benzene rings is 2. The fourth-order valence-electron chi connectivity index (χ4n) is 1.18. The third-order valence-electron chi connectivity index (χ3n) is 2.08.